The maximum atomic E-state index is 12.0. The molecule has 3 nitrogen and oxygen atoms in total. The predicted octanol–water partition coefficient (Wildman–Crippen LogP) is 3.72. The van der Waals surface area contributed by atoms with Gasteiger partial charge < -0.3 is 10.6 Å². The lowest BCUT2D eigenvalue weighted by Gasteiger charge is -2.22. The lowest BCUT2D eigenvalue weighted by molar-refractivity contribution is -0.122. The van der Waals surface area contributed by atoms with Crippen LogP contribution < -0.4 is 10.6 Å². The van der Waals surface area contributed by atoms with E-state index in [1.54, 1.807) is 0 Å². The average Bonchev–Trinajstić information content (AvgIpc) is 2.46. The number of carbonyl (C=O) groups is 1. The monoisotopic (exact) mass is 330 g/mol. The van der Waals surface area contributed by atoms with Crippen LogP contribution in [0.25, 0.3) is 0 Å². The van der Waals surface area contributed by atoms with Crippen LogP contribution in [0.4, 0.5) is 0 Å². The number of rotatable bonds is 5. The molecule has 0 saturated carbocycles. The second kappa shape index (κ2) is 9.29. The van der Waals surface area contributed by atoms with Gasteiger partial charge in [-0.25, -0.2) is 0 Å². The zero-order chi connectivity index (χ0) is 14.4. The summed E-state index contributed by atoms with van der Waals surface area (Å²) in [4.78, 5) is 12.0. The molecular weight excluding hydrogens is 307 g/mol. The van der Waals surface area contributed by atoms with E-state index in [9.17, 15) is 4.79 Å². The minimum Gasteiger partial charge on any atom is -0.350 e. The van der Waals surface area contributed by atoms with Crippen LogP contribution in [0.3, 0.4) is 0 Å². The summed E-state index contributed by atoms with van der Waals surface area (Å²) in [5, 5.41) is 7.09. The van der Waals surface area contributed by atoms with Crippen molar-refractivity contribution in [1.82, 2.24) is 10.6 Å². The zero-order valence-corrected chi connectivity index (χ0v) is 14.0. The van der Waals surface area contributed by atoms with Crippen molar-refractivity contribution in [3.63, 3.8) is 0 Å². The fraction of sp³-hybridized carbons (Fsp3) is 0.562. The third-order valence-electron chi connectivity index (χ3n) is 3.99. The molecule has 5 heteroatoms. The van der Waals surface area contributed by atoms with E-state index in [0.29, 0.717) is 17.4 Å². The molecule has 0 bridgehead atoms. The summed E-state index contributed by atoms with van der Waals surface area (Å²) in [5.74, 6) is 0.813. The molecule has 1 aliphatic rings. The summed E-state index contributed by atoms with van der Waals surface area (Å²) in [6.45, 7) is 4.15. The SMILES string of the molecule is CC(NC(=O)CCC1CCNCC1)c1ccccc1Cl.Cl. The number of amides is 1. The number of benzene rings is 1. The molecule has 1 unspecified atom stereocenters. The van der Waals surface area contributed by atoms with Crippen molar-refractivity contribution in [3.05, 3.63) is 34.9 Å². The third kappa shape index (κ3) is 5.85. The van der Waals surface area contributed by atoms with Gasteiger partial charge in [0.2, 0.25) is 5.91 Å². The molecule has 2 N–H and O–H groups in total. The molecule has 1 aliphatic heterocycles. The molecule has 0 radical (unpaired) electrons. The number of piperidine rings is 1. The molecule has 0 aromatic heterocycles. The fourth-order valence-electron chi connectivity index (χ4n) is 2.72. The molecule has 1 amide bonds. The minimum atomic E-state index is -0.0378. The highest BCUT2D eigenvalue weighted by molar-refractivity contribution is 6.31. The van der Waals surface area contributed by atoms with Gasteiger partial charge in [0.05, 0.1) is 6.04 Å². The van der Waals surface area contributed by atoms with Gasteiger partial charge in [0.15, 0.2) is 0 Å². The second-order valence-electron chi connectivity index (χ2n) is 5.54. The van der Waals surface area contributed by atoms with Crippen LogP contribution >= 0.6 is 24.0 Å². The lowest BCUT2D eigenvalue weighted by atomic mass is 9.93. The van der Waals surface area contributed by atoms with E-state index < -0.39 is 0 Å². The van der Waals surface area contributed by atoms with Gasteiger partial charge in [-0.05, 0) is 56.8 Å². The van der Waals surface area contributed by atoms with Gasteiger partial charge in [-0.15, -0.1) is 12.4 Å². The van der Waals surface area contributed by atoms with Gasteiger partial charge in [0, 0.05) is 11.4 Å². The molecule has 0 spiro atoms. The van der Waals surface area contributed by atoms with Crippen molar-refractivity contribution in [3.8, 4) is 0 Å². The van der Waals surface area contributed by atoms with Crippen LogP contribution in [-0.2, 0) is 4.79 Å². The first-order chi connectivity index (χ1) is 9.66. The number of halogens is 2. The van der Waals surface area contributed by atoms with E-state index in [1.165, 1.54) is 12.8 Å². The van der Waals surface area contributed by atoms with E-state index in [2.05, 4.69) is 10.6 Å². The molecule has 1 fully saturated rings. The molecular formula is C16H24Cl2N2O. The largest absolute Gasteiger partial charge is 0.350 e. The van der Waals surface area contributed by atoms with Crippen molar-refractivity contribution in [2.24, 2.45) is 5.92 Å². The Kier molecular flexibility index (Phi) is 8.09. The molecule has 1 heterocycles. The Labute approximate surface area is 138 Å². The average molecular weight is 331 g/mol. The first-order valence-corrected chi connectivity index (χ1v) is 7.79. The normalized spacial score (nSPS) is 16.9. The zero-order valence-electron chi connectivity index (χ0n) is 12.4. The maximum absolute atomic E-state index is 12.0. The van der Waals surface area contributed by atoms with Gasteiger partial charge in [-0.2, -0.15) is 0 Å². The summed E-state index contributed by atoms with van der Waals surface area (Å²) in [7, 11) is 0. The van der Waals surface area contributed by atoms with E-state index in [-0.39, 0.29) is 24.4 Å². The number of carbonyl (C=O) groups excluding carboxylic acids is 1. The van der Waals surface area contributed by atoms with E-state index >= 15 is 0 Å². The van der Waals surface area contributed by atoms with Crippen LogP contribution in [0.15, 0.2) is 24.3 Å². The Morgan fingerprint density at radius 3 is 2.71 bits per heavy atom. The lowest BCUT2D eigenvalue weighted by Crippen LogP contribution is -2.30. The van der Waals surface area contributed by atoms with E-state index in [1.807, 2.05) is 31.2 Å². The van der Waals surface area contributed by atoms with Gasteiger partial charge in [0.1, 0.15) is 0 Å². The predicted molar refractivity (Wildman–Crippen MR) is 90.1 cm³/mol. The fourth-order valence-corrected chi connectivity index (χ4v) is 3.02. The highest BCUT2D eigenvalue weighted by Crippen LogP contribution is 2.23. The standard InChI is InChI=1S/C16H23ClN2O.ClH/c1-12(14-4-2-3-5-15(14)17)19-16(20)7-6-13-8-10-18-11-9-13;/h2-5,12-13,18H,6-11H2,1H3,(H,19,20);1H. The Hall–Kier alpha value is -0.770. The first-order valence-electron chi connectivity index (χ1n) is 7.41. The second-order valence-corrected chi connectivity index (χ2v) is 5.95. The Bertz CT molecular complexity index is 448. The highest BCUT2D eigenvalue weighted by atomic mass is 35.5. The molecule has 0 aliphatic carbocycles. The van der Waals surface area contributed by atoms with Gasteiger partial charge in [-0.1, -0.05) is 29.8 Å². The van der Waals surface area contributed by atoms with Crippen LogP contribution in [0.1, 0.15) is 44.2 Å². The van der Waals surface area contributed by atoms with Crippen molar-refractivity contribution in [1.29, 1.82) is 0 Å². The van der Waals surface area contributed by atoms with E-state index in [0.717, 1.165) is 25.1 Å². The minimum absolute atomic E-state index is 0. The topological polar surface area (TPSA) is 41.1 Å². The quantitative estimate of drug-likeness (QED) is 0.863. The van der Waals surface area contributed by atoms with Crippen molar-refractivity contribution >= 4 is 29.9 Å². The van der Waals surface area contributed by atoms with Crippen molar-refractivity contribution in [2.75, 3.05) is 13.1 Å². The highest BCUT2D eigenvalue weighted by Gasteiger charge is 2.16. The summed E-state index contributed by atoms with van der Waals surface area (Å²) in [6, 6.07) is 7.62. The molecule has 1 aromatic carbocycles. The third-order valence-corrected chi connectivity index (χ3v) is 4.33. The number of nitrogens with one attached hydrogen (secondary N) is 2. The summed E-state index contributed by atoms with van der Waals surface area (Å²) in [6.07, 6.45) is 3.98. The summed E-state index contributed by atoms with van der Waals surface area (Å²) in [5.41, 5.74) is 0.976. The summed E-state index contributed by atoms with van der Waals surface area (Å²) >= 11 is 6.14. The summed E-state index contributed by atoms with van der Waals surface area (Å²) < 4.78 is 0. The van der Waals surface area contributed by atoms with Crippen LogP contribution in [-0.4, -0.2) is 19.0 Å². The molecule has 1 aromatic rings. The molecule has 1 atom stereocenters. The van der Waals surface area contributed by atoms with Crippen LogP contribution in [0.2, 0.25) is 5.02 Å². The van der Waals surface area contributed by atoms with E-state index in [4.69, 9.17) is 11.6 Å². The molecule has 21 heavy (non-hydrogen) atoms. The maximum Gasteiger partial charge on any atom is 0.220 e. The Morgan fingerprint density at radius 2 is 2.05 bits per heavy atom. The smallest absolute Gasteiger partial charge is 0.220 e. The first kappa shape index (κ1) is 18.3. The Balaban J connectivity index is 0.00000220. The molecule has 2 rings (SSSR count). The van der Waals surface area contributed by atoms with Crippen LogP contribution in [0, 0.1) is 5.92 Å². The van der Waals surface area contributed by atoms with Gasteiger partial charge in [0.25, 0.3) is 0 Å². The molecule has 118 valence electrons. The number of hydrogen-bond donors (Lipinski definition) is 2. The Morgan fingerprint density at radius 1 is 1.38 bits per heavy atom. The van der Waals surface area contributed by atoms with Gasteiger partial charge >= 0.3 is 0 Å². The number of hydrogen-bond acceptors (Lipinski definition) is 2. The van der Waals surface area contributed by atoms with Crippen molar-refractivity contribution in [2.45, 2.75) is 38.6 Å². The van der Waals surface area contributed by atoms with Crippen molar-refractivity contribution < 1.29 is 4.79 Å². The molecule has 1 saturated heterocycles. The van der Waals surface area contributed by atoms with Crippen LogP contribution in [0.5, 0.6) is 0 Å². The van der Waals surface area contributed by atoms with Gasteiger partial charge in [-0.3, -0.25) is 4.79 Å².